The number of aryl methyl sites for hydroxylation is 2. The lowest BCUT2D eigenvalue weighted by Crippen LogP contribution is -2.49. The van der Waals surface area contributed by atoms with Gasteiger partial charge in [-0.3, -0.25) is 10.00 Å². The maximum Gasteiger partial charge on any atom is 0.155 e. The number of likely N-dealkylation sites (tertiary alicyclic amines) is 1. The van der Waals surface area contributed by atoms with Crippen LogP contribution in [0.25, 0.3) is 0 Å². The predicted molar refractivity (Wildman–Crippen MR) is 90.3 cm³/mol. The number of nitrogens with one attached hydrogen (secondary N) is 1. The molecule has 120 valence electrons. The van der Waals surface area contributed by atoms with Gasteiger partial charge in [-0.05, 0) is 53.0 Å². The molecule has 0 amide bonds. The average Bonchev–Trinajstić information content (AvgIpc) is 3.07. The van der Waals surface area contributed by atoms with Crippen LogP contribution in [-0.4, -0.2) is 58.2 Å². The average molecular weight is 319 g/mol. The number of H-pyrrole nitrogens is 1. The Hall–Kier alpha value is -1.24. The highest BCUT2D eigenvalue weighted by Gasteiger charge is 2.34. The molecule has 5 nitrogen and oxygen atoms in total. The molecule has 2 aromatic heterocycles. The fourth-order valence-corrected chi connectivity index (χ4v) is 4.21. The van der Waals surface area contributed by atoms with Gasteiger partial charge in [0, 0.05) is 34.8 Å². The van der Waals surface area contributed by atoms with Crippen LogP contribution in [0.3, 0.4) is 0 Å². The van der Waals surface area contributed by atoms with E-state index in [0.717, 1.165) is 37.7 Å². The Morgan fingerprint density at radius 3 is 2.77 bits per heavy atom. The Balaban J connectivity index is 1.70. The van der Waals surface area contributed by atoms with E-state index in [0.29, 0.717) is 12.0 Å². The monoisotopic (exact) mass is 319 g/mol. The first-order chi connectivity index (χ1) is 10.5. The van der Waals surface area contributed by atoms with Crippen molar-refractivity contribution in [2.45, 2.75) is 38.8 Å². The Morgan fingerprint density at radius 1 is 1.36 bits per heavy atom. The standard InChI is InChI=1S/C16H25N5S/c1-11-5-6-13(22-11)9-21-8-7-14(15(10-21)20(3)4)16-17-12(2)18-19-16/h5-6,14-15H,7-10H2,1-4H3,(H,17,18,19)/t14-,15+/m0/s1. The van der Waals surface area contributed by atoms with Crippen molar-refractivity contribution in [1.82, 2.24) is 25.0 Å². The third-order valence-corrected chi connectivity index (χ3v) is 5.44. The van der Waals surface area contributed by atoms with Gasteiger partial charge < -0.3 is 4.90 Å². The summed E-state index contributed by atoms with van der Waals surface area (Å²) in [6.45, 7) is 7.38. The first-order valence-electron chi connectivity index (χ1n) is 7.86. The molecule has 1 fully saturated rings. The number of aromatic amines is 1. The zero-order valence-electron chi connectivity index (χ0n) is 13.8. The van der Waals surface area contributed by atoms with Crippen molar-refractivity contribution < 1.29 is 0 Å². The third-order valence-electron chi connectivity index (χ3n) is 4.45. The van der Waals surface area contributed by atoms with Gasteiger partial charge in [0.25, 0.3) is 0 Å². The Labute approximate surface area is 136 Å². The second-order valence-electron chi connectivity index (χ2n) is 6.45. The minimum atomic E-state index is 0.418. The minimum Gasteiger partial charge on any atom is -0.304 e. The number of nitrogens with zero attached hydrogens (tertiary/aromatic N) is 4. The molecule has 0 bridgehead atoms. The largest absolute Gasteiger partial charge is 0.304 e. The number of aromatic nitrogens is 3. The molecule has 0 spiro atoms. The van der Waals surface area contributed by atoms with Crippen molar-refractivity contribution in [2.75, 3.05) is 27.2 Å². The van der Waals surface area contributed by atoms with E-state index < -0.39 is 0 Å². The Morgan fingerprint density at radius 2 is 2.18 bits per heavy atom. The quantitative estimate of drug-likeness (QED) is 0.940. The van der Waals surface area contributed by atoms with E-state index in [2.05, 4.69) is 58.1 Å². The summed E-state index contributed by atoms with van der Waals surface area (Å²) in [6.07, 6.45) is 1.12. The fraction of sp³-hybridized carbons (Fsp3) is 0.625. The maximum absolute atomic E-state index is 4.57. The number of rotatable bonds is 4. The van der Waals surface area contributed by atoms with E-state index in [1.54, 1.807) is 0 Å². The van der Waals surface area contributed by atoms with Crippen molar-refractivity contribution >= 4 is 11.3 Å². The number of thiophene rings is 1. The highest BCUT2D eigenvalue weighted by molar-refractivity contribution is 7.11. The molecule has 0 saturated carbocycles. The van der Waals surface area contributed by atoms with Crippen LogP contribution in [0.1, 0.15) is 33.7 Å². The summed E-state index contributed by atoms with van der Waals surface area (Å²) in [5, 5.41) is 7.39. The molecule has 22 heavy (non-hydrogen) atoms. The fourth-order valence-electron chi connectivity index (χ4n) is 3.28. The minimum absolute atomic E-state index is 0.418. The zero-order valence-corrected chi connectivity index (χ0v) is 14.7. The zero-order chi connectivity index (χ0) is 15.7. The smallest absolute Gasteiger partial charge is 0.155 e. The lowest BCUT2D eigenvalue weighted by Gasteiger charge is -2.40. The summed E-state index contributed by atoms with van der Waals surface area (Å²) in [5.74, 6) is 2.30. The van der Waals surface area contributed by atoms with Crippen molar-refractivity contribution in [3.8, 4) is 0 Å². The Bertz CT molecular complexity index is 618. The molecule has 0 aromatic carbocycles. The second kappa shape index (κ2) is 6.48. The summed E-state index contributed by atoms with van der Waals surface area (Å²) in [4.78, 5) is 12.3. The first kappa shape index (κ1) is 15.6. The topological polar surface area (TPSA) is 48.1 Å². The molecule has 1 aliphatic heterocycles. The van der Waals surface area contributed by atoms with E-state index in [1.165, 1.54) is 9.75 Å². The molecule has 6 heteroatoms. The Kier molecular flexibility index (Phi) is 4.61. The van der Waals surface area contributed by atoms with E-state index in [-0.39, 0.29) is 0 Å². The van der Waals surface area contributed by atoms with Crippen LogP contribution < -0.4 is 0 Å². The van der Waals surface area contributed by atoms with Crippen LogP contribution in [-0.2, 0) is 6.54 Å². The molecular weight excluding hydrogens is 294 g/mol. The van der Waals surface area contributed by atoms with E-state index >= 15 is 0 Å². The molecule has 1 saturated heterocycles. The summed E-state index contributed by atoms with van der Waals surface area (Å²) in [7, 11) is 4.33. The van der Waals surface area contributed by atoms with Crippen LogP contribution >= 0.6 is 11.3 Å². The predicted octanol–water partition coefficient (Wildman–Crippen LogP) is 2.40. The molecule has 2 aromatic rings. The first-order valence-corrected chi connectivity index (χ1v) is 8.67. The van der Waals surface area contributed by atoms with Gasteiger partial charge in [-0.2, -0.15) is 5.10 Å². The number of piperidine rings is 1. The van der Waals surface area contributed by atoms with Crippen LogP contribution in [0.2, 0.25) is 0 Å². The van der Waals surface area contributed by atoms with Crippen LogP contribution in [0.4, 0.5) is 0 Å². The van der Waals surface area contributed by atoms with E-state index in [1.807, 2.05) is 18.3 Å². The molecular formula is C16H25N5S. The number of hydrogen-bond donors (Lipinski definition) is 1. The number of hydrogen-bond acceptors (Lipinski definition) is 5. The lowest BCUT2D eigenvalue weighted by molar-refractivity contribution is 0.106. The van der Waals surface area contributed by atoms with Crippen LogP contribution in [0.5, 0.6) is 0 Å². The molecule has 0 unspecified atom stereocenters. The van der Waals surface area contributed by atoms with Crippen molar-refractivity contribution in [2.24, 2.45) is 0 Å². The van der Waals surface area contributed by atoms with Gasteiger partial charge in [-0.1, -0.05) is 0 Å². The highest BCUT2D eigenvalue weighted by Crippen LogP contribution is 2.30. The summed E-state index contributed by atoms with van der Waals surface area (Å²) >= 11 is 1.91. The summed E-state index contributed by atoms with van der Waals surface area (Å²) in [5.41, 5.74) is 0. The van der Waals surface area contributed by atoms with Crippen LogP contribution in [0.15, 0.2) is 12.1 Å². The van der Waals surface area contributed by atoms with Crippen molar-refractivity contribution in [1.29, 1.82) is 0 Å². The van der Waals surface area contributed by atoms with Crippen molar-refractivity contribution in [3.63, 3.8) is 0 Å². The van der Waals surface area contributed by atoms with Crippen LogP contribution in [0, 0.1) is 13.8 Å². The lowest BCUT2D eigenvalue weighted by atomic mass is 9.90. The second-order valence-corrected chi connectivity index (χ2v) is 7.83. The van der Waals surface area contributed by atoms with E-state index in [4.69, 9.17) is 0 Å². The molecule has 1 aliphatic rings. The highest BCUT2D eigenvalue weighted by atomic mass is 32.1. The van der Waals surface area contributed by atoms with E-state index in [9.17, 15) is 0 Å². The maximum atomic E-state index is 4.57. The van der Waals surface area contributed by atoms with Gasteiger partial charge in [0.1, 0.15) is 5.82 Å². The molecule has 0 radical (unpaired) electrons. The normalized spacial score (nSPS) is 23.3. The SMILES string of the molecule is Cc1nc([C@H]2CCN(Cc3ccc(C)s3)C[C@H]2N(C)C)n[nH]1. The molecule has 1 N–H and O–H groups in total. The summed E-state index contributed by atoms with van der Waals surface area (Å²) in [6, 6.07) is 4.94. The third kappa shape index (κ3) is 3.39. The van der Waals surface area contributed by atoms with Gasteiger partial charge in [0.2, 0.25) is 0 Å². The number of likely N-dealkylation sites (N-methyl/N-ethyl adjacent to an activating group) is 1. The molecule has 0 aliphatic carbocycles. The van der Waals surface area contributed by atoms with Gasteiger partial charge >= 0.3 is 0 Å². The van der Waals surface area contributed by atoms with Gasteiger partial charge in [-0.15, -0.1) is 11.3 Å². The molecule has 3 heterocycles. The molecule has 3 rings (SSSR count). The summed E-state index contributed by atoms with van der Waals surface area (Å²) < 4.78 is 0. The van der Waals surface area contributed by atoms with Gasteiger partial charge in [-0.25, -0.2) is 4.98 Å². The molecule has 2 atom stereocenters. The van der Waals surface area contributed by atoms with Crippen molar-refractivity contribution in [3.05, 3.63) is 33.5 Å². The van der Waals surface area contributed by atoms with Gasteiger partial charge in [0.15, 0.2) is 5.82 Å². The van der Waals surface area contributed by atoms with Gasteiger partial charge in [0.05, 0.1) is 0 Å².